The van der Waals surface area contributed by atoms with E-state index >= 15 is 0 Å². The highest BCUT2D eigenvalue weighted by atomic mass is 35.5. The van der Waals surface area contributed by atoms with E-state index in [1.54, 1.807) is 12.1 Å². The van der Waals surface area contributed by atoms with E-state index in [2.05, 4.69) is 5.32 Å². The van der Waals surface area contributed by atoms with E-state index in [-0.39, 0.29) is 18.5 Å². The number of hydrogen-bond donors (Lipinski definition) is 1. The number of nitrogens with zero attached hydrogens (tertiary/aromatic N) is 1. The molecule has 96 valence electrons. The molecule has 0 radical (unpaired) electrons. The maximum Gasteiger partial charge on any atom is 0.324 e. The number of halogens is 1. The summed E-state index contributed by atoms with van der Waals surface area (Å²) in [5, 5.41) is 3.00. The minimum atomic E-state index is -0.376. The Labute approximate surface area is 110 Å². The largest absolute Gasteiger partial charge is 0.482 e. The number of hydrogen-bond acceptors (Lipinski definition) is 3. The summed E-state index contributed by atoms with van der Waals surface area (Å²) in [6.07, 6.45) is 0. The van der Waals surface area contributed by atoms with Crippen molar-refractivity contribution in [1.29, 1.82) is 0 Å². The van der Waals surface area contributed by atoms with E-state index in [0.717, 1.165) is 10.5 Å². The molecule has 1 aliphatic rings. The molecule has 0 saturated carbocycles. The molecule has 0 bridgehead atoms. The zero-order valence-electron chi connectivity index (χ0n) is 9.90. The van der Waals surface area contributed by atoms with Crippen LogP contribution in [0.5, 0.6) is 5.75 Å². The summed E-state index contributed by atoms with van der Waals surface area (Å²) in [4.78, 5) is 24.1. The summed E-state index contributed by atoms with van der Waals surface area (Å²) < 4.78 is 5.34. The van der Waals surface area contributed by atoms with Gasteiger partial charge in [-0.2, -0.15) is 0 Å². The van der Waals surface area contributed by atoms with Crippen LogP contribution in [0.1, 0.15) is 5.56 Å². The lowest BCUT2D eigenvalue weighted by molar-refractivity contribution is -0.129. The number of benzene rings is 1. The van der Waals surface area contributed by atoms with E-state index in [4.69, 9.17) is 16.3 Å². The van der Waals surface area contributed by atoms with Crippen LogP contribution in [0, 0.1) is 6.92 Å². The molecular weight excluding hydrogens is 256 g/mol. The van der Waals surface area contributed by atoms with Gasteiger partial charge in [0.2, 0.25) is 0 Å². The van der Waals surface area contributed by atoms with Crippen LogP contribution < -0.4 is 10.1 Å². The number of rotatable bonds is 3. The first-order chi connectivity index (χ1) is 8.58. The summed E-state index contributed by atoms with van der Waals surface area (Å²) in [6, 6.07) is 4.93. The van der Waals surface area contributed by atoms with Gasteiger partial charge in [0.15, 0.2) is 6.61 Å². The van der Waals surface area contributed by atoms with Crippen LogP contribution in [-0.2, 0) is 4.79 Å². The SMILES string of the molecule is Cc1ccc(Cl)c(OCC(=O)N2CCNC2=O)c1. The highest BCUT2D eigenvalue weighted by Gasteiger charge is 2.26. The van der Waals surface area contributed by atoms with Crippen molar-refractivity contribution in [3.63, 3.8) is 0 Å². The maximum absolute atomic E-state index is 11.7. The Morgan fingerprint density at radius 1 is 1.56 bits per heavy atom. The van der Waals surface area contributed by atoms with Crippen molar-refractivity contribution in [3.8, 4) is 5.75 Å². The van der Waals surface area contributed by atoms with Gasteiger partial charge in [0.1, 0.15) is 5.75 Å². The first-order valence-corrected chi connectivity index (χ1v) is 5.93. The van der Waals surface area contributed by atoms with Crippen molar-refractivity contribution < 1.29 is 14.3 Å². The number of aryl methyl sites for hydroxylation is 1. The molecule has 1 aromatic carbocycles. The van der Waals surface area contributed by atoms with Crippen LogP contribution >= 0.6 is 11.6 Å². The number of imide groups is 1. The van der Waals surface area contributed by atoms with Gasteiger partial charge in [-0.1, -0.05) is 17.7 Å². The molecule has 1 aliphatic heterocycles. The predicted molar refractivity (Wildman–Crippen MR) is 66.8 cm³/mol. The molecule has 0 aromatic heterocycles. The van der Waals surface area contributed by atoms with E-state index in [0.29, 0.717) is 23.9 Å². The summed E-state index contributed by atoms with van der Waals surface area (Å²) in [5.41, 5.74) is 0.987. The molecule has 1 heterocycles. The minimum Gasteiger partial charge on any atom is -0.482 e. The molecule has 18 heavy (non-hydrogen) atoms. The molecule has 1 aromatic rings. The lowest BCUT2D eigenvalue weighted by Crippen LogP contribution is -2.37. The van der Waals surface area contributed by atoms with Crippen LogP contribution in [0.3, 0.4) is 0 Å². The van der Waals surface area contributed by atoms with Crippen LogP contribution in [0.15, 0.2) is 18.2 Å². The van der Waals surface area contributed by atoms with E-state index < -0.39 is 0 Å². The van der Waals surface area contributed by atoms with E-state index in [9.17, 15) is 9.59 Å². The molecule has 0 atom stereocenters. The van der Waals surface area contributed by atoms with Gasteiger partial charge >= 0.3 is 6.03 Å². The topological polar surface area (TPSA) is 58.6 Å². The zero-order valence-corrected chi connectivity index (χ0v) is 10.7. The molecule has 0 unspecified atom stereocenters. The second-order valence-corrected chi connectivity index (χ2v) is 4.41. The highest BCUT2D eigenvalue weighted by Crippen LogP contribution is 2.25. The van der Waals surface area contributed by atoms with Crippen molar-refractivity contribution in [3.05, 3.63) is 28.8 Å². The molecule has 1 fully saturated rings. The number of amides is 3. The number of ether oxygens (including phenoxy) is 1. The normalized spacial score (nSPS) is 14.6. The quantitative estimate of drug-likeness (QED) is 0.905. The molecule has 6 heteroatoms. The molecule has 5 nitrogen and oxygen atoms in total. The smallest absolute Gasteiger partial charge is 0.324 e. The standard InChI is InChI=1S/C12H13ClN2O3/c1-8-2-3-9(13)10(6-8)18-7-11(16)15-5-4-14-12(15)17/h2-3,6H,4-5,7H2,1H3,(H,14,17). The Morgan fingerprint density at radius 2 is 2.33 bits per heavy atom. The van der Waals surface area contributed by atoms with Gasteiger partial charge in [-0.3, -0.25) is 9.69 Å². The third-order valence-corrected chi connectivity index (χ3v) is 2.91. The van der Waals surface area contributed by atoms with Crippen LogP contribution in [0.25, 0.3) is 0 Å². The first-order valence-electron chi connectivity index (χ1n) is 5.55. The summed E-state index contributed by atoms with van der Waals surface area (Å²) in [7, 11) is 0. The van der Waals surface area contributed by atoms with Gasteiger partial charge in [-0.15, -0.1) is 0 Å². The van der Waals surface area contributed by atoms with Crippen molar-refractivity contribution >= 4 is 23.5 Å². The fourth-order valence-electron chi connectivity index (χ4n) is 1.65. The second-order valence-electron chi connectivity index (χ2n) is 4.00. The second kappa shape index (κ2) is 5.27. The molecule has 1 N–H and O–H groups in total. The van der Waals surface area contributed by atoms with E-state index in [1.807, 2.05) is 13.0 Å². The fraction of sp³-hybridized carbons (Fsp3) is 0.333. The average Bonchev–Trinajstić information content (AvgIpc) is 2.76. The number of carbonyl (C=O) groups excluding carboxylic acids is 2. The van der Waals surface area contributed by atoms with Gasteiger partial charge in [0, 0.05) is 13.1 Å². The maximum atomic E-state index is 11.7. The van der Waals surface area contributed by atoms with Crippen molar-refractivity contribution in [2.75, 3.05) is 19.7 Å². The Balaban J connectivity index is 1.97. The average molecular weight is 269 g/mol. The van der Waals surface area contributed by atoms with Crippen LogP contribution in [0.2, 0.25) is 5.02 Å². The molecule has 2 rings (SSSR count). The highest BCUT2D eigenvalue weighted by molar-refractivity contribution is 6.32. The van der Waals surface area contributed by atoms with Crippen molar-refractivity contribution in [2.24, 2.45) is 0 Å². The predicted octanol–water partition coefficient (Wildman–Crippen LogP) is 1.58. The van der Waals surface area contributed by atoms with Gasteiger partial charge < -0.3 is 10.1 Å². The molecular formula is C12H13ClN2O3. The lowest BCUT2D eigenvalue weighted by atomic mass is 10.2. The van der Waals surface area contributed by atoms with Gasteiger partial charge in [0.05, 0.1) is 5.02 Å². The summed E-state index contributed by atoms with van der Waals surface area (Å²) in [6.45, 7) is 2.56. The Morgan fingerprint density at radius 3 is 3.00 bits per heavy atom. The van der Waals surface area contributed by atoms with Crippen LogP contribution in [-0.4, -0.2) is 36.5 Å². The van der Waals surface area contributed by atoms with Crippen molar-refractivity contribution in [1.82, 2.24) is 10.2 Å². The zero-order chi connectivity index (χ0) is 13.1. The van der Waals surface area contributed by atoms with Crippen LogP contribution in [0.4, 0.5) is 4.79 Å². The third-order valence-electron chi connectivity index (χ3n) is 2.60. The third kappa shape index (κ3) is 2.73. The molecule has 0 aliphatic carbocycles. The molecule has 0 spiro atoms. The monoisotopic (exact) mass is 268 g/mol. The Kier molecular flexibility index (Phi) is 3.72. The van der Waals surface area contributed by atoms with Gasteiger partial charge in [-0.05, 0) is 24.6 Å². The Hall–Kier alpha value is -1.75. The fourth-order valence-corrected chi connectivity index (χ4v) is 1.82. The number of carbonyl (C=O) groups is 2. The van der Waals surface area contributed by atoms with E-state index in [1.165, 1.54) is 0 Å². The summed E-state index contributed by atoms with van der Waals surface area (Å²) >= 11 is 5.94. The minimum absolute atomic E-state index is 0.198. The molecule has 1 saturated heterocycles. The number of nitrogens with one attached hydrogen (secondary N) is 1. The van der Waals surface area contributed by atoms with Crippen molar-refractivity contribution in [2.45, 2.75) is 6.92 Å². The lowest BCUT2D eigenvalue weighted by Gasteiger charge is -2.13. The summed E-state index contributed by atoms with van der Waals surface area (Å²) in [5.74, 6) is 0.0761. The first kappa shape index (κ1) is 12.7. The van der Waals surface area contributed by atoms with Gasteiger partial charge in [-0.25, -0.2) is 4.79 Å². The molecule has 3 amide bonds. The Bertz CT molecular complexity index is 490. The van der Waals surface area contributed by atoms with Gasteiger partial charge in [0.25, 0.3) is 5.91 Å². The number of urea groups is 1.